The maximum atomic E-state index is 12.8. The van der Waals surface area contributed by atoms with Gasteiger partial charge in [-0.05, 0) is 37.4 Å². The molecule has 1 saturated heterocycles. The molecule has 3 amide bonds. The second-order valence-corrected chi connectivity index (χ2v) is 7.29. The molecule has 0 spiro atoms. The van der Waals surface area contributed by atoms with Crippen molar-refractivity contribution in [3.8, 4) is 0 Å². The first-order valence-electron chi connectivity index (χ1n) is 9.08. The highest BCUT2D eigenvalue weighted by Crippen LogP contribution is 2.43. The molecule has 2 heterocycles. The van der Waals surface area contributed by atoms with E-state index < -0.39 is 0 Å². The fraction of sp³-hybridized carbons (Fsp3) is 0.526. The minimum absolute atomic E-state index is 0.0683. The molecular weight excluding hydrogens is 318 g/mol. The number of imide groups is 1. The molecule has 2 fully saturated rings. The third-order valence-corrected chi connectivity index (χ3v) is 5.99. The summed E-state index contributed by atoms with van der Waals surface area (Å²) < 4.78 is 0. The van der Waals surface area contributed by atoms with Crippen LogP contribution < -0.4 is 10.6 Å². The Balaban J connectivity index is 1.38. The molecule has 132 valence electrons. The van der Waals surface area contributed by atoms with Gasteiger partial charge in [0.15, 0.2) is 0 Å². The predicted molar refractivity (Wildman–Crippen MR) is 92.1 cm³/mol. The van der Waals surface area contributed by atoms with Crippen LogP contribution in [-0.2, 0) is 4.79 Å². The highest BCUT2D eigenvalue weighted by Gasteiger charge is 2.49. The number of nitrogens with zero attached hydrogens (tertiary/aromatic N) is 1. The molecule has 3 aliphatic rings. The van der Waals surface area contributed by atoms with Crippen molar-refractivity contribution in [1.29, 1.82) is 0 Å². The lowest BCUT2D eigenvalue weighted by atomic mass is 9.67. The van der Waals surface area contributed by atoms with Gasteiger partial charge in [-0.1, -0.05) is 25.0 Å². The Morgan fingerprint density at radius 2 is 1.92 bits per heavy atom. The van der Waals surface area contributed by atoms with Crippen molar-refractivity contribution in [1.82, 2.24) is 15.5 Å². The summed E-state index contributed by atoms with van der Waals surface area (Å²) in [5, 5.41) is 6.35. The van der Waals surface area contributed by atoms with Crippen LogP contribution in [0, 0.1) is 11.3 Å². The van der Waals surface area contributed by atoms with Crippen LogP contribution in [0.25, 0.3) is 0 Å². The van der Waals surface area contributed by atoms with Gasteiger partial charge in [0.25, 0.3) is 11.8 Å². The predicted octanol–water partition coefficient (Wildman–Crippen LogP) is 1.18. The molecule has 2 aliphatic heterocycles. The minimum Gasteiger partial charge on any atom is -0.354 e. The highest BCUT2D eigenvalue weighted by atomic mass is 16.2. The number of hydrogen-bond donors (Lipinski definition) is 2. The zero-order valence-electron chi connectivity index (χ0n) is 14.2. The van der Waals surface area contributed by atoms with Gasteiger partial charge in [-0.2, -0.15) is 0 Å². The van der Waals surface area contributed by atoms with E-state index in [0.717, 1.165) is 32.4 Å². The molecule has 6 nitrogen and oxygen atoms in total. The molecule has 1 aromatic carbocycles. The van der Waals surface area contributed by atoms with Gasteiger partial charge in [-0.25, -0.2) is 0 Å². The monoisotopic (exact) mass is 341 g/mol. The van der Waals surface area contributed by atoms with Gasteiger partial charge in [0, 0.05) is 19.6 Å². The second kappa shape index (κ2) is 6.26. The van der Waals surface area contributed by atoms with Crippen LogP contribution in [0.15, 0.2) is 24.3 Å². The van der Waals surface area contributed by atoms with E-state index in [1.807, 2.05) is 0 Å². The average molecular weight is 341 g/mol. The standard InChI is InChI=1S/C19H23N3O3/c23-16-14-6-1-2-7-15(14)17(24)22(16)10-9-21-18(25)19-8-4-3-5-13(19)11-20-12-19/h1-2,6-7,13,20H,3-5,8-12H2,(H,21,25)/t13-,19+/m0/s1. The Morgan fingerprint density at radius 3 is 2.64 bits per heavy atom. The Hall–Kier alpha value is -2.21. The maximum absolute atomic E-state index is 12.8. The molecule has 0 bridgehead atoms. The Kier molecular flexibility index (Phi) is 4.07. The Labute approximate surface area is 147 Å². The van der Waals surface area contributed by atoms with E-state index in [-0.39, 0.29) is 29.7 Å². The van der Waals surface area contributed by atoms with Gasteiger partial charge in [0.1, 0.15) is 0 Å². The first-order chi connectivity index (χ1) is 12.1. The Bertz CT molecular complexity index is 697. The maximum Gasteiger partial charge on any atom is 0.261 e. The summed E-state index contributed by atoms with van der Waals surface area (Å²) in [7, 11) is 0. The summed E-state index contributed by atoms with van der Waals surface area (Å²) in [5.41, 5.74) is 0.592. The molecule has 25 heavy (non-hydrogen) atoms. The number of benzene rings is 1. The summed E-state index contributed by atoms with van der Waals surface area (Å²) in [6.07, 6.45) is 4.29. The molecule has 0 unspecified atom stereocenters. The minimum atomic E-state index is -0.305. The lowest BCUT2D eigenvalue weighted by molar-refractivity contribution is -0.134. The molecule has 0 aromatic heterocycles. The molecule has 1 saturated carbocycles. The smallest absolute Gasteiger partial charge is 0.261 e. The summed E-state index contributed by atoms with van der Waals surface area (Å²) in [6.45, 7) is 2.16. The van der Waals surface area contributed by atoms with E-state index >= 15 is 0 Å². The topological polar surface area (TPSA) is 78.5 Å². The van der Waals surface area contributed by atoms with E-state index in [0.29, 0.717) is 23.6 Å². The van der Waals surface area contributed by atoms with Gasteiger partial charge >= 0.3 is 0 Å². The van der Waals surface area contributed by atoms with E-state index in [1.54, 1.807) is 24.3 Å². The third-order valence-electron chi connectivity index (χ3n) is 5.99. The molecular formula is C19H23N3O3. The van der Waals surface area contributed by atoms with E-state index in [9.17, 15) is 14.4 Å². The van der Waals surface area contributed by atoms with E-state index in [4.69, 9.17) is 0 Å². The van der Waals surface area contributed by atoms with Gasteiger partial charge in [0.05, 0.1) is 16.5 Å². The highest BCUT2D eigenvalue weighted by molar-refractivity contribution is 6.21. The molecule has 1 aromatic rings. The number of nitrogens with one attached hydrogen (secondary N) is 2. The zero-order valence-corrected chi connectivity index (χ0v) is 14.2. The number of rotatable bonds is 4. The fourth-order valence-electron chi connectivity index (χ4n) is 4.59. The van der Waals surface area contributed by atoms with Crippen molar-refractivity contribution < 1.29 is 14.4 Å². The van der Waals surface area contributed by atoms with Crippen LogP contribution in [0.1, 0.15) is 46.4 Å². The van der Waals surface area contributed by atoms with Gasteiger partial charge in [-0.3, -0.25) is 19.3 Å². The summed E-state index contributed by atoms with van der Waals surface area (Å²) >= 11 is 0. The Morgan fingerprint density at radius 1 is 1.20 bits per heavy atom. The third kappa shape index (κ3) is 2.56. The molecule has 1 aliphatic carbocycles. The van der Waals surface area contributed by atoms with Crippen LogP contribution in [0.2, 0.25) is 0 Å². The number of carbonyl (C=O) groups excluding carboxylic acids is 3. The van der Waals surface area contributed by atoms with Crippen molar-refractivity contribution in [3.05, 3.63) is 35.4 Å². The lowest BCUT2D eigenvalue weighted by Crippen LogP contribution is -2.49. The molecule has 4 rings (SSSR count). The SMILES string of the molecule is O=C1c2ccccc2C(=O)N1CCNC(=O)[C@@]12CCCC[C@H]1CNC2. The quantitative estimate of drug-likeness (QED) is 0.806. The summed E-state index contributed by atoms with van der Waals surface area (Å²) in [5.74, 6) is -0.0726. The van der Waals surface area contributed by atoms with Gasteiger partial charge in [-0.15, -0.1) is 0 Å². The van der Waals surface area contributed by atoms with Crippen molar-refractivity contribution in [2.24, 2.45) is 11.3 Å². The second-order valence-electron chi connectivity index (χ2n) is 7.29. The number of carbonyl (C=O) groups is 3. The van der Waals surface area contributed by atoms with Crippen LogP contribution in [-0.4, -0.2) is 48.8 Å². The molecule has 2 N–H and O–H groups in total. The van der Waals surface area contributed by atoms with Crippen LogP contribution in [0.4, 0.5) is 0 Å². The summed E-state index contributed by atoms with van der Waals surface area (Å²) in [4.78, 5) is 38.7. The van der Waals surface area contributed by atoms with Gasteiger partial charge in [0.2, 0.25) is 5.91 Å². The van der Waals surface area contributed by atoms with Crippen molar-refractivity contribution in [2.75, 3.05) is 26.2 Å². The van der Waals surface area contributed by atoms with Crippen LogP contribution in [0.3, 0.4) is 0 Å². The van der Waals surface area contributed by atoms with Crippen molar-refractivity contribution >= 4 is 17.7 Å². The normalized spacial score (nSPS) is 28.0. The lowest BCUT2D eigenvalue weighted by Gasteiger charge is -2.37. The molecule has 6 heteroatoms. The zero-order chi connectivity index (χ0) is 17.4. The van der Waals surface area contributed by atoms with E-state index in [2.05, 4.69) is 10.6 Å². The summed E-state index contributed by atoms with van der Waals surface area (Å²) in [6, 6.07) is 6.85. The van der Waals surface area contributed by atoms with Crippen LogP contribution >= 0.6 is 0 Å². The first-order valence-corrected chi connectivity index (χ1v) is 9.08. The fourth-order valence-corrected chi connectivity index (χ4v) is 4.59. The number of fused-ring (bicyclic) bond motifs is 2. The number of amides is 3. The van der Waals surface area contributed by atoms with Gasteiger partial charge < -0.3 is 10.6 Å². The van der Waals surface area contributed by atoms with Crippen LogP contribution in [0.5, 0.6) is 0 Å². The van der Waals surface area contributed by atoms with Crippen molar-refractivity contribution in [3.63, 3.8) is 0 Å². The number of hydrogen-bond acceptors (Lipinski definition) is 4. The average Bonchev–Trinajstić information content (AvgIpc) is 3.18. The molecule has 2 atom stereocenters. The van der Waals surface area contributed by atoms with Crippen molar-refractivity contribution in [2.45, 2.75) is 25.7 Å². The van der Waals surface area contributed by atoms with E-state index in [1.165, 1.54) is 11.3 Å². The first kappa shape index (κ1) is 16.3. The largest absolute Gasteiger partial charge is 0.354 e. The molecule has 0 radical (unpaired) electrons.